The first kappa shape index (κ1) is 13.0. The number of nitrogens with zero attached hydrogens (tertiary/aromatic N) is 1. The summed E-state index contributed by atoms with van der Waals surface area (Å²) in [5.41, 5.74) is 0.651. The highest BCUT2D eigenvalue weighted by atomic mass is 15.1. The molecule has 0 aromatic heterocycles. The van der Waals surface area contributed by atoms with E-state index in [1.807, 2.05) is 0 Å². The normalized spacial score (nSPS) is 31.4. The molecule has 1 aliphatic rings. The number of rotatable bonds is 5. The van der Waals surface area contributed by atoms with E-state index in [-0.39, 0.29) is 0 Å². The minimum atomic E-state index is 0.651. The molecule has 1 fully saturated rings. The molecule has 1 rings (SSSR count). The second kappa shape index (κ2) is 4.86. The van der Waals surface area contributed by atoms with E-state index in [2.05, 4.69) is 46.6 Å². The Balaban J connectivity index is 2.23. The van der Waals surface area contributed by atoms with Crippen molar-refractivity contribution in [3.8, 4) is 0 Å². The third kappa shape index (κ3) is 3.48. The lowest BCUT2D eigenvalue weighted by atomic mass is 9.58. The average Bonchev–Trinajstić information content (AvgIpc) is 2.09. The van der Waals surface area contributed by atoms with Gasteiger partial charge in [0.2, 0.25) is 0 Å². The molecule has 0 spiro atoms. The summed E-state index contributed by atoms with van der Waals surface area (Å²) < 4.78 is 0. The van der Waals surface area contributed by atoms with Crippen LogP contribution in [0.3, 0.4) is 0 Å². The standard InChI is InChI=1S/C14H29N/c1-11(2)13-9-14(5,10-13)7-8-15(6)12(3)4/h11-13H,7-10H2,1-6H3. The van der Waals surface area contributed by atoms with Gasteiger partial charge >= 0.3 is 0 Å². The number of hydrogen-bond donors (Lipinski definition) is 0. The molecule has 1 aliphatic carbocycles. The molecule has 1 nitrogen and oxygen atoms in total. The lowest BCUT2D eigenvalue weighted by molar-refractivity contribution is 0.0252. The monoisotopic (exact) mass is 211 g/mol. The van der Waals surface area contributed by atoms with E-state index in [0.29, 0.717) is 11.5 Å². The zero-order chi connectivity index (χ0) is 11.6. The fourth-order valence-electron chi connectivity index (χ4n) is 2.59. The van der Waals surface area contributed by atoms with Crippen molar-refractivity contribution in [2.45, 2.75) is 59.9 Å². The van der Waals surface area contributed by atoms with E-state index >= 15 is 0 Å². The maximum absolute atomic E-state index is 2.47. The van der Waals surface area contributed by atoms with Crippen LogP contribution in [0.2, 0.25) is 0 Å². The Bertz CT molecular complexity index is 190. The van der Waals surface area contributed by atoms with Gasteiger partial charge in [0.05, 0.1) is 0 Å². The van der Waals surface area contributed by atoms with Gasteiger partial charge in [0, 0.05) is 6.04 Å². The second-order valence-electron chi connectivity index (χ2n) is 6.55. The van der Waals surface area contributed by atoms with Gasteiger partial charge in [0.25, 0.3) is 0 Å². The summed E-state index contributed by atoms with van der Waals surface area (Å²) in [6.07, 6.45) is 4.29. The highest BCUT2D eigenvalue weighted by Gasteiger charge is 2.40. The van der Waals surface area contributed by atoms with Crippen LogP contribution in [0, 0.1) is 17.3 Å². The average molecular weight is 211 g/mol. The van der Waals surface area contributed by atoms with Gasteiger partial charge in [0.1, 0.15) is 0 Å². The molecule has 1 saturated carbocycles. The van der Waals surface area contributed by atoms with Gasteiger partial charge in [-0.05, 0) is 64.0 Å². The molecule has 15 heavy (non-hydrogen) atoms. The maximum Gasteiger partial charge on any atom is 0.00355 e. The molecule has 0 N–H and O–H groups in total. The largest absolute Gasteiger partial charge is 0.304 e. The summed E-state index contributed by atoms with van der Waals surface area (Å²) in [4.78, 5) is 2.47. The van der Waals surface area contributed by atoms with Gasteiger partial charge in [-0.25, -0.2) is 0 Å². The van der Waals surface area contributed by atoms with Crippen molar-refractivity contribution in [1.29, 1.82) is 0 Å². The molecular formula is C14H29N. The molecule has 0 atom stereocenters. The Morgan fingerprint density at radius 3 is 2.13 bits per heavy atom. The molecule has 0 radical (unpaired) electrons. The summed E-state index contributed by atoms with van der Waals surface area (Å²) in [6.45, 7) is 13.0. The third-order valence-corrected chi connectivity index (χ3v) is 4.40. The molecule has 0 aromatic rings. The fourth-order valence-corrected chi connectivity index (χ4v) is 2.59. The van der Waals surface area contributed by atoms with E-state index in [0.717, 1.165) is 11.8 Å². The minimum Gasteiger partial charge on any atom is -0.304 e. The molecule has 90 valence electrons. The summed E-state index contributed by atoms with van der Waals surface area (Å²) in [5.74, 6) is 1.89. The zero-order valence-electron chi connectivity index (χ0n) is 11.5. The Hall–Kier alpha value is -0.0400. The van der Waals surface area contributed by atoms with Crippen LogP contribution < -0.4 is 0 Å². The van der Waals surface area contributed by atoms with Gasteiger partial charge in [0.15, 0.2) is 0 Å². The molecular weight excluding hydrogens is 182 g/mol. The van der Waals surface area contributed by atoms with Gasteiger partial charge in [-0.15, -0.1) is 0 Å². The second-order valence-corrected chi connectivity index (χ2v) is 6.55. The highest BCUT2D eigenvalue weighted by Crippen LogP contribution is 2.50. The van der Waals surface area contributed by atoms with Crippen molar-refractivity contribution in [3.05, 3.63) is 0 Å². The van der Waals surface area contributed by atoms with E-state index in [9.17, 15) is 0 Å². The topological polar surface area (TPSA) is 3.24 Å². The van der Waals surface area contributed by atoms with Crippen LogP contribution >= 0.6 is 0 Å². The van der Waals surface area contributed by atoms with E-state index in [1.165, 1.54) is 25.8 Å². The molecule has 0 amide bonds. The van der Waals surface area contributed by atoms with Crippen LogP contribution in [0.4, 0.5) is 0 Å². The Kier molecular flexibility index (Phi) is 4.22. The van der Waals surface area contributed by atoms with Crippen molar-refractivity contribution < 1.29 is 0 Å². The summed E-state index contributed by atoms with van der Waals surface area (Å²) in [7, 11) is 2.24. The molecule has 0 bridgehead atoms. The van der Waals surface area contributed by atoms with Gasteiger partial charge in [-0.1, -0.05) is 20.8 Å². The lowest BCUT2D eigenvalue weighted by Crippen LogP contribution is -2.40. The predicted octanol–water partition coefficient (Wildman–Crippen LogP) is 3.79. The smallest absolute Gasteiger partial charge is 0.00355 e. The highest BCUT2D eigenvalue weighted by molar-refractivity contribution is 4.91. The van der Waals surface area contributed by atoms with E-state index in [1.54, 1.807) is 0 Å². The quantitative estimate of drug-likeness (QED) is 0.669. The predicted molar refractivity (Wildman–Crippen MR) is 68.1 cm³/mol. The van der Waals surface area contributed by atoms with Crippen molar-refractivity contribution >= 4 is 0 Å². The van der Waals surface area contributed by atoms with E-state index < -0.39 is 0 Å². The van der Waals surface area contributed by atoms with Crippen LogP contribution in [-0.4, -0.2) is 24.5 Å². The lowest BCUT2D eigenvalue weighted by Gasteiger charge is -2.48. The maximum atomic E-state index is 2.47. The van der Waals surface area contributed by atoms with Crippen molar-refractivity contribution in [3.63, 3.8) is 0 Å². The van der Waals surface area contributed by atoms with E-state index in [4.69, 9.17) is 0 Å². The van der Waals surface area contributed by atoms with Crippen molar-refractivity contribution in [2.24, 2.45) is 17.3 Å². The molecule has 0 unspecified atom stereocenters. The van der Waals surface area contributed by atoms with Crippen LogP contribution in [-0.2, 0) is 0 Å². The minimum absolute atomic E-state index is 0.651. The van der Waals surface area contributed by atoms with Gasteiger partial charge < -0.3 is 4.90 Å². The third-order valence-electron chi connectivity index (χ3n) is 4.40. The fraction of sp³-hybridized carbons (Fsp3) is 1.00. The molecule has 0 aromatic carbocycles. The van der Waals surface area contributed by atoms with Gasteiger partial charge in [-0.3, -0.25) is 0 Å². The first-order valence-corrected chi connectivity index (χ1v) is 6.54. The Morgan fingerprint density at radius 1 is 1.20 bits per heavy atom. The Morgan fingerprint density at radius 2 is 1.73 bits per heavy atom. The first-order chi connectivity index (χ1) is 6.84. The Labute approximate surface area is 96.2 Å². The molecule has 0 aliphatic heterocycles. The first-order valence-electron chi connectivity index (χ1n) is 6.54. The van der Waals surface area contributed by atoms with Crippen LogP contribution in [0.15, 0.2) is 0 Å². The van der Waals surface area contributed by atoms with Crippen LogP contribution in [0.25, 0.3) is 0 Å². The number of hydrogen-bond acceptors (Lipinski definition) is 1. The van der Waals surface area contributed by atoms with Crippen LogP contribution in [0.5, 0.6) is 0 Å². The molecule has 0 saturated heterocycles. The zero-order valence-corrected chi connectivity index (χ0v) is 11.5. The van der Waals surface area contributed by atoms with Gasteiger partial charge in [-0.2, -0.15) is 0 Å². The SMILES string of the molecule is CC(C)C1CC(C)(CCN(C)C(C)C)C1. The summed E-state index contributed by atoms with van der Waals surface area (Å²) in [5, 5.41) is 0. The van der Waals surface area contributed by atoms with Crippen molar-refractivity contribution in [2.75, 3.05) is 13.6 Å². The molecule has 0 heterocycles. The summed E-state index contributed by atoms with van der Waals surface area (Å²) in [6, 6.07) is 0.689. The summed E-state index contributed by atoms with van der Waals surface area (Å²) >= 11 is 0. The van der Waals surface area contributed by atoms with Crippen molar-refractivity contribution in [1.82, 2.24) is 4.90 Å². The molecule has 1 heteroatoms. The van der Waals surface area contributed by atoms with Crippen LogP contribution in [0.1, 0.15) is 53.9 Å².